The Balaban J connectivity index is 0.956. The number of rotatable bonds is 3. The van der Waals surface area contributed by atoms with Gasteiger partial charge < -0.3 is 23.5 Å². The van der Waals surface area contributed by atoms with Crippen LogP contribution in [0.5, 0.6) is 23.0 Å². The van der Waals surface area contributed by atoms with Crippen LogP contribution in [0.25, 0.3) is 66.4 Å². The van der Waals surface area contributed by atoms with Gasteiger partial charge in [-0.05, 0) is 102 Å². The minimum Gasteiger partial charge on any atom is -0.457 e. The first kappa shape index (κ1) is 36.8. The highest BCUT2D eigenvalue weighted by atomic mass is 16.5. The van der Waals surface area contributed by atoms with Gasteiger partial charge in [-0.25, -0.2) is 0 Å². The molecule has 0 saturated carbocycles. The predicted octanol–water partition coefficient (Wildman–Crippen LogP) is 14.6. The molecule has 8 nitrogen and oxygen atoms in total. The molecular weight excluding hydrogens is 837 g/mol. The number of para-hydroxylation sites is 5. The number of fused-ring (bicyclic) bond motifs is 17. The number of benzene rings is 8. The highest BCUT2D eigenvalue weighted by Crippen LogP contribution is 2.64. The van der Waals surface area contributed by atoms with E-state index in [1.165, 1.54) is 10.8 Å². The Morgan fingerprint density at radius 2 is 0.985 bits per heavy atom. The molecule has 68 heavy (non-hydrogen) atoms. The standard InChI is InChI=1S/C60H34N6O2/c61-35-36-24-28-49-42(32-36)41-14-3-4-17-46(41)64(49)38-26-29-51-56(34-38)67-53-22-8-7-20-50(53)65(51)37-25-27-43-55(33-37)68-54-23-9-21-52(66-47-18-5-1-12-39(47)40-13-2-6-19-48(40)66)57(54)60(43)44-15-10-30-62-58(44)59-45(60)16-11-31-63-59/h1-34H. The molecule has 2 aliphatic heterocycles. The van der Waals surface area contributed by atoms with Crippen LogP contribution in [-0.2, 0) is 5.41 Å². The van der Waals surface area contributed by atoms with E-state index in [9.17, 15) is 5.26 Å². The third-order valence-electron chi connectivity index (χ3n) is 14.3. The van der Waals surface area contributed by atoms with E-state index in [0.717, 1.165) is 112 Å². The summed E-state index contributed by atoms with van der Waals surface area (Å²) in [4.78, 5) is 12.4. The molecule has 15 rings (SSSR count). The molecule has 0 N–H and O–H groups in total. The van der Waals surface area contributed by atoms with Crippen molar-refractivity contribution in [1.82, 2.24) is 19.1 Å². The molecular formula is C60H34N6O2. The maximum absolute atomic E-state index is 9.78. The van der Waals surface area contributed by atoms with Crippen LogP contribution in [0.4, 0.5) is 17.1 Å². The minimum atomic E-state index is -0.844. The van der Waals surface area contributed by atoms with Crippen LogP contribution in [-0.4, -0.2) is 19.1 Å². The summed E-state index contributed by atoms with van der Waals surface area (Å²) in [6.07, 6.45) is 3.73. The molecule has 1 aliphatic carbocycles. The molecule has 6 heterocycles. The molecule has 0 amide bonds. The van der Waals surface area contributed by atoms with Gasteiger partial charge in [-0.2, -0.15) is 5.26 Å². The van der Waals surface area contributed by atoms with Crippen molar-refractivity contribution in [3.63, 3.8) is 0 Å². The normalized spacial score (nSPS) is 13.6. The Hall–Kier alpha value is -9.45. The number of aromatic nitrogens is 4. The zero-order valence-electron chi connectivity index (χ0n) is 36.1. The Labute approximate surface area is 389 Å². The molecule has 1 spiro atoms. The molecule has 0 radical (unpaired) electrons. The average Bonchev–Trinajstić information content (AvgIpc) is 4.01. The fourth-order valence-electron chi connectivity index (χ4n) is 11.6. The van der Waals surface area contributed by atoms with Crippen molar-refractivity contribution in [2.75, 3.05) is 4.90 Å². The summed E-state index contributed by atoms with van der Waals surface area (Å²) in [5, 5.41) is 14.3. The lowest BCUT2D eigenvalue weighted by molar-refractivity contribution is 0.435. The van der Waals surface area contributed by atoms with Crippen LogP contribution in [0.1, 0.15) is 27.8 Å². The fraction of sp³-hybridized carbons (Fsp3) is 0.0167. The van der Waals surface area contributed by atoms with Gasteiger partial charge in [0.15, 0.2) is 11.5 Å². The molecule has 316 valence electrons. The summed E-state index contributed by atoms with van der Waals surface area (Å²) in [7, 11) is 0. The van der Waals surface area contributed by atoms with Crippen molar-refractivity contribution in [2.24, 2.45) is 0 Å². The minimum absolute atomic E-state index is 0.628. The Bertz CT molecular complexity index is 4120. The van der Waals surface area contributed by atoms with E-state index in [1.807, 2.05) is 67.0 Å². The number of ether oxygens (including phenoxy) is 2. The van der Waals surface area contributed by atoms with Crippen LogP contribution in [0, 0.1) is 11.3 Å². The number of nitriles is 1. The van der Waals surface area contributed by atoms with E-state index in [1.54, 1.807) is 0 Å². The lowest BCUT2D eigenvalue weighted by atomic mass is 9.65. The van der Waals surface area contributed by atoms with E-state index >= 15 is 0 Å². The highest BCUT2D eigenvalue weighted by Gasteiger charge is 2.54. The summed E-state index contributed by atoms with van der Waals surface area (Å²) >= 11 is 0. The monoisotopic (exact) mass is 870 g/mol. The van der Waals surface area contributed by atoms with Gasteiger partial charge in [0.05, 0.1) is 78.9 Å². The van der Waals surface area contributed by atoms with Gasteiger partial charge in [0.1, 0.15) is 11.5 Å². The van der Waals surface area contributed by atoms with Crippen molar-refractivity contribution in [2.45, 2.75) is 5.41 Å². The van der Waals surface area contributed by atoms with Crippen molar-refractivity contribution >= 4 is 60.7 Å². The number of nitrogens with zero attached hydrogens (tertiary/aromatic N) is 6. The fourth-order valence-corrected chi connectivity index (χ4v) is 11.6. The smallest absolute Gasteiger partial charge is 0.153 e. The second kappa shape index (κ2) is 13.5. The largest absolute Gasteiger partial charge is 0.457 e. The zero-order chi connectivity index (χ0) is 44.7. The second-order valence-electron chi connectivity index (χ2n) is 17.6. The summed E-state index contributed by atoms with van der Waals surface area (Å²) < 4.78 is 18.7. The number of anilines is 3. The maximum Gasteiger partial charge on any atom is 0.153 e. The van der Waals surface area contributed by atoms with Crippen LogP contribution in [0.2, 0.25) is 0 Å². The number of hydrogen-bond acceptors (Lipinski definition) is 6. The molecule has 12 aromatic rings. The highest BCUT2D eigenvalue weighted by molar-refractivity contribution is 6.11. The van der Waals surface area contributed by atoms with Crippen molar-refractivity contribution < 1.29 is 9.47 Å². The van der Waals surface area contributed by atoms with Gasteiger partial charge in [0.2, 0.25) is 0 Å². The quantitative estimate of drug-likeness (QED) is 0.176. The topological polar surface area (TPSA) is 81.1 Å². The van der Waals surface area contributed by atoms with Crippen LogP contribution >= 0.6 is 0 Å². The van der Waals surface area contributed by atoms with Crippen LogP contribution in [0.15, 0.2) is 207 Å². The lowest BCUT2D eigenvalue weighted by Gasteiger charge is -2.41. The number of hydrogen-bond donors (Lipinski definition) is 0. The van der Waals surface area contributed by atoms with Gasteiger partial charge >= 0.3 is 0 Å². The third kappa shape index (κ3) is 4.76. The molecule has 0 bridgehead atoms. The van der Waals surface area contributed by atoms with Gasteiger partial charge in [0, 0.05) is 57.2 Å². The summed E-state index contributed by atoms with van der Waals surface area (Å²) in [6.45, 7) is 0. The summed E-state index contributed by atoms with van der Waals surface area (Å²) in [5.41, 5.74) is 14.7. The first-order valence-corrected chi connectivity index (χ1v) is 22.7. The average molecular weight is 871 g/mol. The Morgan fingerprint density at radius 1 is 0.412 bits per heavy atom. The van der Waals surface area contributed by atoms with Crippen LogP contribution in [0.3, 0.4) is 0 Å². The van der Waals surface area contributed by atoms with Crippen LogP contribution < -0.4 is 14.4 Å². The molecule has 0 unspecified atom stereocenters. The van der Waals surface area contributed by atoms with E-state index in [2.05, 4.69) is 160 Å². The molecule has 0 fully saturated rings. The molecule has 8 heteroatoms. The van der Waals surface area contributed by atoms with Gasteiger partial charge in [-0.1, -0.05) is 91.0 Å². The first-order chi connectivity index (χ1) is 33.7. The predicted molar refractivity (Wildman–Crippen MR) is 268 cm³/mol. The Morgan fingerprint density at radius 3 is 1.72 bits per heavy atom. The summed E-state index contributed by atoms with van der Waals surface area (Å²) in [6, 6.07) is 70.0. The van der Waals surface area contributed by atoms with Crippen molar-refractivity contribution in [1.29, 1.82) is 5.26 Å². The van der Waals surface area contributed by atoms with Crippen molar-refractivity contribution in [3.05, 3.63) is 234 Å². The van der Waals surface area contributed by atoms with E-state index in [-0.39, 0.29) is 0 Å². The van der Waals surface area contributed by atoms with E-state index < -0.39 is 5.41 Å². The molecule has 3 aliphatic rings. The molecule has 0 atom stereocenters. The van der Waals surface area contributed by atoms with Crippen molar-refractivity contribution in [3.8, 4) is 51.8 Å². The maximum atomic E-state index is 9.78. The molecule has 8 aromatic carbocycles. The third-order valence-corrected chi connectivity index (χ3v) is 14.3. The van der Waals surface area contributed by atoms with Gasteiger partial charge in [0.25, 0.3) is 0 Å². The zero-order valence-corrected chi connectivity index (χ0v) is 36.1. The lowest BCUT2D eigenvalue weighted by Crippen LogP contribution is -2.34. The Kier molecular flexibility index (Phi) is 7.34. The van der Waals surface area contributed by atoms with Gasteiger partial charge in [-0.3, -0.25) is 9.97 Å². The molecule has 4 aromatic heterocycles. The van der Waals surface area contributed by atoms with E-state index in [4.69, 9.17) is 19.4 Å². The second-order valence-corrected chi connectivity index (χ2v) is 17.6. The molecule has 0 saturated heterocycles. The van der Waals surface area contributed by atoms with Gasteiger partial charge in [-0.15, -0.1) is 0 Å². The van der Waals surface area contributed by atoms with E-state index in [0.29, 0.717) is 11.3 Å². The first-order valence-electron chi connectivity index (χ1n) is 22.7. The SMILES string of the molecule is N#Cc1ccc2c(c1)c1ccccc1n2-c1ccc2c(c1)Oc1ccccc1N2c1ccc2c(c1)Oc1cccc(-n3c4ccccc4c4ccccc43)c1C21c2cccnc2-c2ncccc21. The number of pyridine rings is 2. The summed E-state index contributed by atoms with van der Waals surface area (Å²) in [5.74, 6) is 2.96.